The van der Waals surface area contributed by atoms with Crippen LogP contribution in [-0.2, 0) is 21.2 Å². The predicted octanol–water partition coefficient (Wildman–Crippen LogP) is 2.32. The number of hydrogen-bond donors (Lipinski definition) is 1. The zero-order valence-electron chi connectivity index (χ0n) is 13.1. The molecule has 0 bridgehead atoms. The Morgan fingerprint density at radius 3 is 2.29 bits per heavy atom. The molecule has 1 rings (SSSR count). The Labute approximate surface area is 127 Å². The highest BCUT2D eigenvalue weighted by atomic mass is 32.2. The van der Waals surface area contributed by atoms with Gasteiger partial charge in [0, 0.05) is 24.4 Å². The lowest BCUT2D eigenvalue weighted by atomic mass is 9.79. The van der Waals surface area contributed by atoms with E-state index in [0.29, 0.717) is 6.54 Å². The topological polar surface area (TPSA) is 76.1 Å². The van der Waals surface area contributed by atoms with Crippen molar-refractivity contribution >= 4 is 15.7 Å². The molecule has 6 heteroatoms. The van der Waals surface area contributed by atoms with Crippen LogP contribution in [0.5, 0.6) is 0 Å². The Morgan fingerprint density at radius 1 is 1.24 bits per heavy atom. The quantitative estimate of drug-likeness (QED) is 0.838. The van der Waals surface area contributed by atoms with E-state index in [9.17, 15) is 13.2 Å². The van der Waals surface area contributed by atoms with Crippen molar-refractivity contribution in [2.24, 2.45) is 5.41 Å². The molecule has 0 aliphatic heterocycles. The van der Waals surface area contributed by atoms with Gasteiger partial charge in [0.1, 0.15) is 0 Å². The summed E-state index contributed by atoms with van der Waals surface area (Å²) in [6, 6.07) is 3.21. The zero-order valence-corrected chi connectivity index (χ0v) is 14.0. The average molecular weight is 312 g/mol. The van der Waals surface area contributed by atoms with Crippen LogP contribution in [0.2, 0.25) is 0 Å². The van der Waals surface area contributed by atoms with Crippen LogP contribution in [0.25, 0.3) is 0 Å². The largest absolute Gasteiger partial charge is 0.352 e. The monoisotopic (exact) mass is 312 g/mol. The third-order valence-electron chi connectivity index (χ3n) is 4.14. The van der Waals surface area contributed by atoms with Gasteiger partial charge in [-0.15, -0.1) is 0 Å². The van der Waals surface area contributed by atoms with Crippen LogP contribution in [0.1, 0.15) is 45.6 Å². The fraction of sp³-hybridized carbons (Fsp3) is 0.600. The molecule has 1 aromatic heterocycles. The first-order valence-electron chi connectivity index (χ1n) is 7.22. The van der Waals surface area contributed by atoms with Crippen LogP contribution >= 0.6 is 0 Å². The molecule has 21 heavy (non-hydrogen) atoms. The minimum Gasteiger partial charge on any atom is -0.352 e. The van der Waals surface area contributed by atoms with E-state index in [1.54, 1.807) is 6.07 Å². The highest BCUT2D eigenvalue weighted by Gasteiger charge is 2.32. The second kappa shape index (κ2) is 7.02. The summed E-state index contributed by atoms with van der Waals surface area (Å²) in [6.45, 7) is 6.36. The average Bonchev–Trinajstić information content (AvgIpc) is 2.47. The summed E-state index contributed by atoms with van der Waals surface area (Å²) in [5.74, 6) is 0.0210. The van der Waals surface area contributed by atoms with E-state index < -0.39 is 9.84 Å². The second-order valence-electron chi connectivity index (χ2n) is 5.30. The van der Waals surface area contributed by atoms with Gasteiger partial charge in [0.05, 0.1) is 0 Å². The second-order valence-corrected chi connectivity index (χ2v) is 7.26. The van der Waals surface area contributed by atoms with Gasteiger partial charge in [0.15, 0.2) is 14.9 Å². The molecule has 5 nitrogen and oxygen atoms in total. The maximum absolute atomic E-state index is 12.4. The summed E-state index contributed by atoms with van der Waals surface area (Å²) in [5.41, 5.74) is 0.392. The maximum Gasteiger partial charge on any atom is 0.226 e. The van der Waals surface area contributed by atoms with Gasteiger partial charge in [-0.1, -0.05) is 20.8 Å². The fourth-order valence-corrected chi connectivity index (χ4v) is 2.98. The molecule has 1 heterocycles. The Morgan fingerprint density at radius 2 is 1.81 bits per heavy atom. The first-order valence-corrected chi connectivity index (χ1v) is 9.11. The molecule has 0 aromatic carbocycles. The summed E-state index contributed by atoms with van der Waals surface area (Å²) in [7, 11) is -3.33. The van der Waals surface area contributed by atoms with Gasteiger partial charge in [-0.2, -0.15) is 0 Å². The molecule has 0 fully saturated rings. The highest BCUT2D eigenvalue weighted by molar-refractivity contribution is 7.90. The smallest absolute Gasteiger partial charge is 0.226 e. The number of nitrogens with one attached hydrogen (secondary N) is 1. The molecular formula is C15H24N2O3S. The third-order valence-corrected chi connectivity index (χ3v) is 5.13. The lowest BCUT2D eigenvalue weighted by Crippen LogP contribution is -2.39. The van der Waals surface area contributed by atoms with E-state index in [-0.39, 0.29) is 16.3 Å². The van der Waals surface area contributed by atoms with E-state index in [1.165, 1.54) is 12.3 Å². The van der Waals surface area contributed by atoms with Crippen LogP contribution in [-0.4, -0.2) is 25.6 Å². The van der Waals surface area contributed by atoms with E-state index in [2.05, 4.69) is 10.3 Å². The van der Waals surface area contributed by atoms with Crippen molar-refractivity contribution in [3.05, 3.63) is 23.9 Å². The maximum atomic E-state index is 12.4. The van der Waals surface area contributed by atoms with Crippen LogP contribution in [0.3, 0.4) is 0 Å². The van der Waals surface area contributed by atoms with Crippen LogP contribution in [0.15, 0.2) is 23.4 Å². The van der Waals surface area contributed by atoms with Crippen molar-refractivity contribution in [1.29, 1.82) is 0 Å². The summed E-state index contributed by atoms with van der Waals surface area (Å²) in [5, 5.41) is 2.94. The summed E-state index contributed by atoms with van der Waals surface area (Å²) >= 11 is 0. The highest BCUT2D eigenvalue weighted by Crippen LogP contribution is 2.30. The predicted molar refractivity (Wildman–Crippen MR) is 82.5 cm³/mol. The Kier molecular flexibility index (Phi) is 5.89. The lowest BCUT2D eigenvalue weighted by molar-refractivity contribution is -0.132. The molecule has 1 aromatic rings. The normalized spacial score (nSPS) is 12.2. The molecule has 118 valence electrons. The third kappa shape index (κ3) is 4.27. The Balaban J connectivity index is 2.83. The molecular weight excluding hydrogens is 288 g/mol. The van der Waals surface area contributed by atoms with E-state index in [0.717, 1.165) is 31.1 Å². The van der Waals surface area contributed by atoms with Crippen molar-refractivity contribution in [2.45, 2.75) is 51.6 Å². The van der Waals surface area contributed by atoms with E-state index in [1.807, 2.05) is 20.8 Å². The van der Waals surface area contributed by atoms with E-state index >= 15 is 0 Å². The Bertz CT molecular complexity index is 584. The van der Waals surface area contributed by atoms with Gasteiger partial charge < -0.3 is 5.32 Å². The number of rotatable bonds is 7. The first-order chi connectivity index (χ1) is 9.79. The van der Waals surface area contributed by atoms with Crippen molar-refractivity contribution in [3.8, 4) is 0 Å². The summed E-state index contributed by atoms with van der Waals surface area (Å²) in [6.07, 6.45) is 4.93. The molecule has 0 radical (unpaired) electrons. The number of aromatic nitrogens is 1. The standard InChI is InChI=1S/C15H24N2O3S/c1-5-15(6-2,7-3)14(18)17-11-12-8-9-16-13(10-12)21(4,19)20/h8-10H,5-7,11H2,1-4H3,(H,17,18). The van der Waals surface area contributed by atoms with Gasteiger partial charge in [-0.3, -0.25) is 4.79 Å². The van der Waals surface area contributed by atoms with Crippen LogP contribution in [0.4, 0.5) is 0 Å². The lowest BCUT2D eigenvalue weighted by Gasteiger charge is -2.28. The van der Waals surface area contributed by atoms with Gasteiger partial charge in [0.2, 0.25) is 5.91 Å². The molecule has 1 N–H and O–H groups in total. The van der Waals surface area contributed by atoms with Gasteiger partial charge in [-0.25, -0.2) is 13.4 Å². The molecule has 0 aliphatic carbocycles. The molecule has 0 unspecified atom stereocenters. The zero-order chi connectivity index (χ0) is 16.1. The van der Waals surface area contributed by atoms with Gasteiger partial charge in [0.25, 0.3) is 0 Å². The number of pyridine rings is 1. The molecule has 0 saturated carbocycles. The van der Waals surface area contributed by atoms with Gasteiger partial charge >= 0.3 is 0 Å². The number of hydrogen-bond acceptors (Lipinski definition) is 4. The number of carbonyl (C=O) groups excluding carboxylic acids is 1. The van der Waals surface area contributed by atoms with Crippen molar-refractivity contribution in [1.82, 2.24) is 10.3 Å². The Hall–Kier alpha value is -1.43. The summed E-state index contributed by atoms with van der Waals surface area (Å²) in [4.78, 5) is 16.2. The van der Waals surface area contributed by atoms with Crippen LogP contribution < -0.4 is 5.32 Å². The molecule has 0 spiro atoms. The SMILES string of the molecule is CCC(CC)(CC)C(=O)NCc1ccnc(S(C)(=O)=O)c1. The van der Waals surface area contributed by atoms with Crippen LogP contribution in [0, 0.1) is 5.41 Å². The van der Waals surface area contributed by atoms with E-state index in [4.69, 9.17) is 0 Å². The number of sulfone groups is 1. The van der Waals surface area contributed by atoms with Crippen molar-refractivity contribution in [3.63, 3.8) is 0 Å². The minimum atomic E-state index is -3.33. The molecule has 0 aliphatic rings. The summed E-state index contributed by atoms with van der Waals surface area (Å²) < 4.78 is 22.9. The van der Waals surface area contributed by atoms with Gasteiger partial charge in [-0.05, 0) is 37.0 Å². The molecule has 1 amide bonds. The minimum absolute atomic E-state index is 0.0210. The van der Waals surface area contributed by atoms with Crippen molar-refractivity contribution < 1.29 is 13.2 Å². The van der Waals surface area contributed by atoms with Crippen molar-refractivity contribution in [2.75, 3.05) is 6.26 Å². The molecule has 0 atom stereocenters. The molecule has 0 saturated heterocycles. The number of amides is 1. The fourth-order valence-electron chi connectivity index (χ4n) is 2.36. The number of carbonyl (C=O) groups is 1. The number of nitrogens with zero attached hydrogens (tertiary/aromatic N) is 1. The first kappa shape index (κ1) is 17.6.